The first-order valence-electron chi connectivity index (χ1n) is 5.95. The third-order valence-corrected chi connectivity index (χ3v) is 6.49. The van der Waals surface area contributed by atoms with Crippen molar-refractivity contribution in [1.29, 1.82) is 0 Å². The molecule has 7 heteroatoms. The fourth-order valence-corrected chi connectivity index (χ4v) is 4.89. The van der Waals surface area contributed by atoms with Crippen molar-refractivity contribution in [2.45, 2.75) is 17.7 Å². The molecular weight excluding hydrogens is 360 g/mol. The summed E-state index contributed by atoms with van der Waals surface area (Å²) in [7, 11) is -1.71. The summed E-state index contributed by atoms with van der Waals surface area (Å²) in [6, 6.07) is 8.84. The lowest BCUT2D eigenvalue weighted by Crippen LogP contribution is -2.11. The van der Waals surface area contributed by atoms with Crippen LogP contribution >= 0.6 is 27.3 Å². The summed E-state index contributed by atoms with van der Waals surface area (Å²) < 4.78 is 28.4. The van der Waals surface area contributed by atoms with Crippen molar-refractivity contribution >= 4 is 43.0 Å². The minimum atomic E-state index is -3.55. The second kappa shape index (κ2) is 6.26. The lowest BCUT2D eigenvalue weighted by molar-refractivity contribution is 0.603. The Morgan fingerprint density at radius 3 is 2.65 bits per heavy atom. The molecule has 0 fully saturated rings. The van der Waals surface area contributed by atoms with E-state index in [1.54, 1.807) is 24.3 Å². The summed E-state index contributed by atoms with van der Waals surface area (Å²) in [6.07, 6.45) is 0. The monoisotopic (exact) mass is 374 g/mol. The number of hydrogen-bond donors (Lipinski definition) is 2. The second-order valence-corrected chi connectivity index (χ2v) is 8.19. The third-order valence-electron chi connectivity index (χ3n) is 2.72. The van der Waals surface area contributed by atoms with Gasteiger partial charge in [0.1, 0.15) is 4.21 Å². The summed E-state index contributed by atoms with van der Waals surface area (Å²) in [5.41, 5.74) is 1.52. The maximum Gasteiger partial charge on any atom is 0.271 e. The van der Waals surface area contributed by atoms with Crippen LogP contribution in [0.15, 0.2) is 39.0 Å². The van der Waals surface area contributed by atoms with E-state index in [2.05, 4.69) is 26.0 Å². The SMILES string of the molecule is CNCc1sc(S(=O)(=O)Nc2ccccc2Br)cc1C. The number of para-hydroxylation sites is 1. The molecule has 108 valence electrons. The maximum absolute atomic E-state index is 12.4. The van der Waals surface area contributed by atoms with Crippen LogP contribution in [0.5, 0.6) is 0 Å². The van der Waals surface area contributed by atoms with Gasteiger partial charge in [-0.2, -0.15) is 0 Å². The molecule has 2 N–H and O–H groups in total. The predicted molar refractivity (Wildman–Crippen MR) is 86.8 cm³/mol. The molecular formula is C13H15BrN2O2S2. The van der Waals surface area contributed by atoms with E-state index in [9.17, 15) is 8.42 Å². The van der Waals surface area contributed by atoms with Gasteiger partial charge in [-0.05, 0) is 53.7 Å². The Hall–Kier alpha value is -0.890. The maximum atomic E-state index is 12.4. The summed E-state index contributed by atoms with van der Waals surface area (Å²) >= 11 is 4.62. The first kappa shape index (κ1) is 15.5. The van der Waals surface area contributed by atoms with E-state index in [-0.39, 0.29) is 0 Å². The van der Waals surface area contributed by atoms with Crippen molar-refractivity contribution in [2.24, 2.45) is 0 Å². The van der Waals surface area contributed by atoms with Gasteiger partial charge in [0.25, 0.3) is 10.0 Å². The Labute approximate surface area is 131 Å². The third kappa shape index (κ3) is 3.41. The normalized spacial score (nSPS) is 11.6. The van der Waals surface area contributed by atoms with Crippen LogP contribution in [0.25, 0.3) is 0 Å². The zero-order chi connectivity index (χ0) is 14.8. The molecule has 1 aromatic heterocycles. The Balaban J connectivity index is 2.31. The van der Waals surface area contributed by atoms with Crippen LogP contribution < -0.4 is 10.0 Å². The van der Waals surface area contributed by atoms with Crippen molar-refractivity contribution in [2.75, 3.05) is 11.8 Å². The van der Waals surface area contributed by atoms with Crippen molar-refractivity contribution in [3.63, 3.8) is 0 Å². The van der Waals surface area contributed by atoms with Gasteiger partial charge in [0.15, 0.2) is 0 Å². The molecule has 2 rings (SSSR count). The fraction of sp³-hybridized carbons (Fsp3) is 0.231. The molecule has 0 saturated heterocycles. The molecule has 0 radical (unpaired) electrons. The quantitative estimate of drug-likeness (QED) is 0.843. The molecule has 0 bridgehead atoms. The second-order valence-electron chi connectivity index (χ2n) is 4.29. The van der Waals surface area contributed by atoms with E-state index in [1.165, 1.54) is 11.3 Å². The molecule has 20 heavy (non-hydrogen) atoms. The zero-order valence-electron chi connectivity index (χ0n) is 11.1. The van der Waals surface area contributed by atoms with Gasteiger partial charge in [0, 0.05) is 15.9 Å². The average Bonchev–Trinajstić information content (AvgIpc) is 2.75. The van der Waals surface area contributed by atoms with Crippen LogP contribution in [0.4, 0.5) is 5.69 Å². The summed E-state index contributed by atoms with van der Waals surface area (Å²) in [5.74, 6) is 0. The molecule has 2 aromatic rings. The van der Waals surface area contributed by atoms with Crippen molar-refractivity contribution in [3.8, 4) is 0 Å². The standard InChI is InChI=1S/C13H15BrN2O2S2/c1-9-7-13(19-12(9)8-15-2)20(17,18)16-11-6-4-3-5-10(11)14/h3-7,15-16H,8H2,1-2H3. The van der Waals surface area contributed by atoms with Gasteiger partial charge in [-0.15, -0.1) is 11.3 Å². The highest BCUT2D eigenvalue weighted by Gasteiger charge is 2.19. The number of rotatable bonds is 5. The van der Waals surface area contributed by atoms with Gasteiger partial charge in [-0.25, -0.2) is 8.42 Å². The van der Waals surface area contributed by atoms with Gasteiger partial charge in [0.2, 0.25) is 0 Å². The van der Waals surface area contributed by atoms with E-state index in [1.807, 2.05) is 20.0 Å². The fourth-order valence-electron chi connectivity index (χ4n) is 1.70. The van der Waals surface area contributed by atoms with Gasteiger partial charge in [0.05, 0.1) is 5.69 Å². The molecule has 0 aliphatic rings. The van der Waals surface area contributed by atoms with Crippen LogP contribution in [0.1, 0.15) is 10.4 Å². The molecule has 0 atom stereocenters. The first-order chi connectivity index (χ1) is 9.44. The number of anilines is 1. The Kier molecular flexibility index (Phi) is 4.85. The first-order valence-corrected chi connectivity index (χ1v) is 9.04. The number of hydrogen-bond acceptors (Lipinski definition) is 4. The average molecular weight is 375 g/mol. The largest absolute Gasteiger partial charge is 0.315 e. The molecule has 4 nitrogen and oxygen atoms in total. The number of aryl methyl sites for hydroxylation is 1. The van der Waals surface area contributed by atoms with Crippen LogP contribution in [-0.2, 0) is 16.6 Å². The number of nitrogens with one attached hydrogen (secondary N) is 2. The summed E-state index contributed by atoms with van der Waals surface area (Å²) in [4.78, 5) is 1.03. The number of halogens is 1. The molecule has 1 heterocycles. The molecule has 0 aliphatic carbocycles. The van der Waals surface area contributed by atoms with Crippen molar-refractivity contribution in [3.05, 3.63) is 45.2 Å². The number of thiophene rings is 1. The van der Waals surface area contributed by atoms with Crippen molar-refractivity contribution in [1.82, 2.24) is 5.32 Å². The zero-order valence-corrected chi connectivity index (χ0v) is 14.3. The summed E-state index contributed by atoms with van der Waals surface area (Å²) in [6.45, 7) is 2.58. The van der Waals surface area contributed by atoms with Crippen LogP contribution in [-0.4, -0.2) is 15.5 Å². The minimum Gasteiger partial charge on any atom is -0.315 e. The Bertz CT molecular complexity index is 711. The predicted octanol–water partition coefficient (Wildman–Crippen LogP) is 3.34. The Morgan fingerprint density at radius 1 is 1.30 bits per heavy atom. The molecule has 0 aliphatic heterocycles. The van der Waals surface area contributed by atoms with E-state index in [4.69, 9.17) is 0 Å². The van der Waals surface area contributed by atoms with E-state index in [0.717, 1.165) is 10.4 Å². The van der Waals surface area contributed by atoms with E-state index >= 15 is 0 Å². The summed E-state index contributed by atoms with van der Waals surface area (Å²) in [5, 5.41) is 3.04. The molecule has 0 saturated carbocycles. The highest BCUT2D eigenvalue weighted by Crippen LogP contribution is 2.29. The van der Waals surface area contributed by atoms with E-state index in [0.29, 0.717) is 20.9 Å². The van der Waals surface area contributed by atoms with Gasteiger partial charge < -0.3 is 5.32 Å². The smallest absolute Gasteiger partial charge is 0.271 e. The highest BCUT2D eigenvalue weighted by atomic mass is 79.9. The van der Waals surface area contributed by atoms with E-state index < -0.39 is 10.0 Å². The Morgan fingerprint density at radius 2 is 2.00 bits per heavy atom. The molecule has 0 unspecified atom stereocenters. The number of benzene rings is 1. The topological polar surface area (TPSA) is 58.2 Å². The van der Waals surface area contributed by atoms with Crippen molar-refractivity contribution < 1.29 is 8.42 Å². The van der Waals surface area contributed by atoms with Gasteiger partial charge >= 0.3 is 0 Å². The lowest BCUT2D eigenvalue weighted by Gasteiger charge is -2.07. The van der Waals surface area contributed by atoms with Crippen LogP contribution in [0.3, 0.4) is 0 Å². The molecule has 0 spiro atoms. The van der Waals surface area contributed by atoms with Crippen LogP contribution in [0, 0.1) is 6.92 Å². The van der Waals surface area contributed by atoms with Crippen LogP contribution in [0.2, 0.25) is 0 Å². The highest BCUT2D eigenvalue weighted by molar-refractivity contribution is 9.10. The van der Waals surface area contributed by atoms with Gasteiger partial charge in [-0.3, -0.25) is 4.72 Å². The number of sulfonamides is 1. The molecule has 0 amide bonds. The lowest BCUT2D eigenvalue weighted by atomic mass is 10.3. The molecule has 1 aromatic carbocycles. The minimum absolute atomic E-state index is 0.330. The van der Waals surface area contributed by atoms with Gasteiger partial charge in [-0.1, -0.05) is 12.1 Å².